The minimum absolute atomic E-state index is 0.182. The molecule has 2 atom stereocenters. The van der Waals surface area contributed by atoms with Gasteiger partial charge in [0.2, 0.25) is 0 Å². The van der Waals surface area contributed by atoms with Crippen LogP contribution in [0, 0.1) is 6.57 Å². The van der Waals surface area contributed by atoms with E-state index in [0.717, 1.165) is 0 Å². The van der Waals surface area contributed by atoms with Crippen LogP contribution >= 0.6 is 0 Å². The standard InChI is InChI=1S/C20H16N2O4/c1-13-17(12-23)26-20(21-2)18(13)19(24)22-14-8-10-16(11-9-14)25-15-6-4-3-5-7-15/h3-12,17,20H,1H3,(H,22,24). The Balaban J connectivity index is 1.71. The maximum Gasteiger partial charge on any atom is 0.361 e. The highest BCUT2D eigenvalue weighted by Crippen LogP contribution is 2.29. The number of hydrogen-bond donors (Lipinski definition) is 1. The van der Waals surface area contributed by atoms with Crippen molar-refractivity contribution >= 4 is 17.9 Å². The molecule has 0 spiro atoms. The number of nitrogens with zero attached hydrogens (tertiary/aromatic N) is 1. The molecule has 130 valence electrons. The predicted molar refractivity (Wildman–Crippen MR) is 95.6 cm³/mol. The second-order valence-electron chi connectivity index (χ2n) is 5.66. The number of benzene rings is 2. The van der Waals surface area contributed by atoms with Crippen LogP contribution in [0.25, 0.3) is 4.85 Å². The quantitative estimate of drug-likeness (QED) is 0.662. The highest BCUT2D eigenvalue weighted by atomic mass is 16.5. The van der Waals surface area contributed by atoms with Crippen molar-refractivity contribution in [2.75, 3.05) is 5.32 Å². The van der Waals surface area contributed by atoms with Gasteiger partial charge in [0.05, 0.1) is 0 Å². The Morgan fingerprint density at radius 1 is 1.15 bits per heavy atom. The molecule has 6 nitrogen and oxygen atoms in total. The Morgan fingerprint density at radius 3 is 2.42 bits per heavy atom. The van der Waals surface area contributed by atoms with Gasteiger partial charge < -0.3 is 14.8 Å². The van der Waals surface area contributed by atoms with Gasteiger partial charge in [-0.15, -0.1) is 0 Å². The lowest BCUT2D eigenvalue weighted by atomic mass is 10.1. The fourth-order valence-corrected chi connectivity index (χ4v) is 2.61. The summed E-state index contributed by atoms with van der Waals surface area (Å²) in [7, 11) is 0. The monoisotopic (exact) mass is 348 g/mol. The molecule has 3 rings (SSSR count). The van der Waals surface area contributed by atoms with Gasteiger partial charge in [-0.25, -0.2) is 6.57 Å². The van der Waals surface area contributed by atoms with Crippen LogP contribution in [0.4, 0.5) is 5.69 Å². The summed E-state index contributed by atoms with van der Waals surface area (Å²) in [4.78, 5) is 26.7. The molecule has 0 saturated carbocycles. The Kier molecular flexibility index (Phi) is 5.11. The van der Waals surface area contributed by atoms with Crippen LogP contribution in [0.15, 0.2) is 65.7 Å². The molecule has 0 saturated heterocycles. The minimum Gasteiger partial charge on any atom is -0.457 e. The number of anilines is 1. The van der Waals surface area contributed by atoms with Gasteiger partial charge in [-0.05, 0) is 48.9 Å². The lowest BCUT2D eigenvalue weighted by Gasteiger charge is -2.09. The summed E-state index contributed by atoms with van der Waals surface area (Å²) in [6.45, 7) is 8.77. The van der Waals surface area contributed by atoms with E-state index in [2.05, 4.69) is 10.2 Å². The van der Waals surface area contributed by atoms with E-state index in [1.807, 2.05) is 30.3 Å². The smallest absolute Gasteiger partial charge is 0.361 e. The van der Waals surface area contributed by atoms with Gasteiger partial charge in [-0.2, -0.15) is 0 Å². The molecule has 2 unspecified atom stereocenters. The highest BCUT2D eigenvalue weighted by Gasteiger charge is 2.40. The topological polar surface area (TPSA) is 69.0 Å². The largest absolute Gasteiger partial charge is 0.457 e. The summed E-state index contributed by atoms with van der Waals surface area (Å²) in [6, 6.07) is 16.2. The van der Waals surface area contributed by atoms with E-state index >= 15 is 0 Å². The molecule has 0 fully saturated rings. The molecule has 0 radical (unpaired) electrons. The molecule has 1 heterocycles. The van der Waals surface area contributed by atoms with E-state index in [4.69, 9.17) is 16.0 Å². The molecule has 2 aromatic carbocycles. The maximum absolute atomic E-state index is 12.5. The van der Waals surface area contributed by atoms with Crippen molar-refractivity contribution in [3.63, 3.8) is 0 Å². The molecule has 0 aromatic heterocycles. The average molecular weight is 348 g/mol. The molecule has 1 amide bonds. The average Bonchev–Trinajstić information content (AvgIpc) is 3.00. The number of ether oxygens (including phenoxy) is 2. The third-order valence-electron chi connectivity index (χ3n) is 3.95. The van der Waals surface area contributed by atoms with Crippen molar-refractivity contribution < 1.29 is 19.1 Å². The van der Waals surface area contributed by atoms with Gasteiger partial charge in [0, 0.05) is 5.69 Å². The first-order valence-corrected chi connectivity index (χ1v) is 7.94. The second-order valence-corrected chi connectivity index (χ2v) is 5.66. The molecule has 2 aromatic rings. The predicted octanol–water partition coefficient (Wildman–Crippen LogP) is 3.58. The van der Waals surface area contributed by atoms with Crippen LogP contribution in [0.5, 0.6) is 11.5 Å². The first-order chi connectivity index (χ1) is 12.6. The van der Waals surface area contributed by atoms with Crippen molar-refractivity contribution in [2.24, 2.45) is 0 Å². The number of rotatable bonds is 5. The summed E-state index contributed by atoms with van der Waals surface area (Å²) in [5.74, 6) is 0.895. The van der Waals surface area contributed by atoms with E-state index in [1.54, 1.807) is 31.2 Å². The molecule has 1 aliphatic rings. The molecule has 0 aliphatic carbocycles. The molecule has 0 bridgehead atoms. The Morgan fingerprint density at radius 2 is 1.81 bits per heavy atom. The normalized spacial score (nSPS) is 18.9. The van der Waals surface area contributed by atoms with Crippen molar-refractivity contribution in [1.29, 1.82) is 0 Å². The van der Waals surface area contributed by atoms with Gasteiger partial charge in [0.25, 0.3) is 5.91 Å². The van der Waals surface area contributed by atoms with E-state index in [9.17, 15) is 9.59 Å². The zero-order chi connectivity index (χ0) is 18.5. The number of hydrogen-bond acceptors (Lipinski definition) is 4. The first kappa shape index (κ1) is 17.4. The summed E-state index contributed by atoms with van der Waals surface area (Å²) in [5.41, 5.74) is 1.19. The van der Waals surface area contributed by atoms with Crippen LogP contribution in [-0.2, 0) is 14.3 Å². The van der Waals surface area contributed by atoms with Crippen LogP contribution in [0.3, 0.4) is 0 Å². The number of carbonyl (C=O) groups excluding carboxylic acids is 2. The van der Waals surface area contributed by atoms with Crippen LogP contribution in [0.1, 0.15) is 6.92 Å². The van der Waals surface area contributed by atoms with Crippen molar-refractivity contribution in [1.82, 2.24) is 0 Å². The van der Waals surface area contributed by atoms with Gasteiger partial charge in [-0.3, -0.25) is 14.4 Å². The molecule has 1 N–H and O–H groups in total. The number of carbonyl (C=O) groups is 2. The molecule has 1 aliphatic heterocycles. The molecular formula is C20H16N2O4. The fraction of sp³-hybridized carbons (Fsp3) is 0.150. The van der Waals surface area contributed by atoms with Crippen molar-refractivity contribution in [2.45, 2.75) is 19.3 Å². The number of para-hydroxylation sites is 1. The van der Waals surface area contributed by atoms with E-state index in [0.29, 0.717) is 29.0 Å². The highest BCUT2D eigenvalue weighted by molar-refractivity contribution is 6.06. The third-order valence-corrected chi connectivity index (χ3v) is 3.95. The van der Waals surface area contributed by atoms with Crippen LogP contribution < -0.4 is 10.1 Å². The van der Waals surface area contributed by atoms with Crippen LogP contribution in [0.2, 0.25) is 0 Å². The lowest BCUT2D eigenvalue weighted by molar-refractivity contribution is -0.117. The Labute approximate surface area is 150 Å². The van der Waals surface area contributed by atoms with Crippen molar-refractivity contribution in [3.05, 3.63) is 77.2 Å². The van der Waals surface area contributed by atoms with Gasteiger partial charge in [0.1, 0.15) is 23.2 Å². The maximum atomic E-state index is 12.5. The van der Waals surface area contributed by atoms with E-state index in [-0.39, 0.29) is 5.57 Å². The zero-order valence-corrected chi connectivity index (χ0v) is 14.0. The van der Waals surface area contributed by atoms with Gasteiger partial charge in [-0.1, -0.05) is 18.2 Å². The summed E-state index contributed by atoms with van der Waals surface area (Å²) in [5, 5.41) is 2.72. The van der Waals surface area contributed by atoms with Gasteiger partial charge >= 0.3 is 6.23 Å². The molecule has 6 heteroatoms. The summed E-state index contributed by atoms with van der Waals surface area (Å²) < 4.78 is 10.9. The SMILES string of the molecule is [C-]#[N+]C1OC(C=O)C(C)=C1C(=O)Nc1ccc(Oc2ccccc2)cc1. The van der Waals surface area contributed by atoms with E-state index < -0.39 is 18.2 Å². The number of amides is 1. The summed E-state index contributed by atoms with van der Waals surface area (Å²) >= 11 is 0. The van der Waals surface area contributed by atoms with Crippen LogP contribution in [-0.4, -0.2) is 24.5 Å². The first-order valence-electron chi connectivity index (χ1n) is 7.94. The fourth-order valence-electron chi connectivity index (χ4n) is 2.61. The Bertz CT molecular complexity index is 882. The zero-order valence-electron chi connectivity index (χ0n) is 14.0. The van der Waals surface area contributed by atoms with Crippen molar-refractivity contribution in [3.8, 4) is 11.5 Å². The summed E-state index contributed by atoms with van der Waals surface area (Å²) in [6.07, 6.45) is -1.33. The van der Waals surface area contributed by atoms with Gasteiger partial charge in [0.15, 0.2) is 6.29 Å². The Hall–Kier alpha value is -3.43. The lowest BCUT2D eigenvalue weighted by Crippen LogP contribution is -2.21. The van der Waals surface area contributed by atoms with E-state index in [1.165, 1.54) is 0 Å². The number of aldehydes is 1. The third kappa shape index (κ3) is 3.63. The number of nitrogens with one attached hydrogen (secondary N) is 1. The molecular weight excluding hydrogens is 332 g/mol. The molecule has 26 heavy (non-hydrogen) atoms. The second kappa shape index (κ2) is 7.64. The minimum atomic E-state index is -1.06.